The van der Waals surface area contributed by atoms with Crippen molar-refractivity contribution in [2.24, 2.45) is 0 Å². The molecule has 2 heterocycles. The van der Waals surface area contributed by atoms with Gasteiger partial charge < -0.3 is 20.4 Å². The zero-order valence-electron chi connectivity index (χ0n) is 11.1. The normalized spacial score (nSPS) is 23.3. The summed E-state index contributed by atoms with van der Waals surface area (Å²) in [6.07, 6.45) is 0.832. The van der Waals surface area contributed by atoms with E-state index in [1.54, 1.807) is 6.92 Å². The van der Waals surface area contributed by atoms with E-state index in [4.69, 9.17) is 16.3 Å². The number of amides is 1. The first-order valence-electron chi connectivity index (χ1n) is 6.47. The second-order valence-electron chi connectivity index (χ2n) is 4.57. The number of carbonyl (C=O) groups is 1. The van der Waals surface area contributed by atoms with Gasteiger partial charge in [0.2, 0.25) is 0 Å². The Labute approximate surface area is 117 Å². The van der Waals surface area contributed by atoms with E-state index in [1.807, 2.05) is 6.92 Å². The summed E-state index contributed by atoms with van der Waals surface area (Å²) in [4.78, 5) is 18.9. The Hall–Kier alpha value is -1.11. The second-order valence-corrected chi connectivity index (χ2v) is 4.93. The molecule has 1 fully saturated rings. The van der Waals surface area contributed by atoms with Crippen LogP contribution in [0.3, 0.4) is 0 Å². The number of nitrogens with one attached hydrogen (secondary N) is 3. The van der Waals surface area contributed by atoms with Crippen LogP contribution >= 0.6 is 11.6 Å². The van der Waals surface area contributed by atoms with Crippen LogP contribution in [0.2, 0.25) is 5.15 Å². The number of aromatic amines is 1. The minimum Gasteiger partial charge on any atom is -0.375 e. The molecule has 1 aliphatic heterocycles. The molecule has 19 heavy (non-hydrogen) atoms. The fourth-order valence-corrected chi connectivity index (χ4v) is 2.30. The standard InChI is InChI=1S/C12H19ClN4O2/c1-3-19-9-6-14-5-4-8(9)16-12(18)11-15-7(2)10(13)17-11/h8-9,14H,3-6H2,1-2H3,(H,15,17)(H,16,18). The number of ether oxygens (including phenoxy) is 1. The lowest BCUT2D eigenvalue weighted by molar-refractivity contribution is 0.0207. The van der Waals surface area contributed by atoms with Crippen LogP contribution in [0.5, 0.6) is 0 Å². The third-order valence-electron chi connectivity index (χ3n) is 3.16. The number of rotatable bonds is 4. The Bertz CT molecular complexity index is 427. The van der Waals surface area contributed by atoms with E-state index in [0.29, 0.717) is 17.5 Å². The van der Waals surface area contributed by atoms with Crippen LogP contribution in [-0.4, -0.2) is 47.7 Å². The molecule has 1 saturated heterocycles. The SMILES string of the molecule is CCOC1CNCCC1NC(=O)c1nc(Cl)c(C)[nH]1. The second kappa shape index (κ2) is 6.36. The van der Waals surface area contributed by atoms with Gasteiger partial charge in [-0.25, -0.2) is 4.98 Å². The highest BCUT2D eigenvalue weighted by molar-refractivity contribution is 6.30. The van der Waals surface area contributed by atoms with E-state index in [9.17, 15) is 4.79 Å². The van der Waals surface area contributed by atoms with Gasteiger partial charge in [0.05, 0.1) is 17.8 Å². The van der Waals surface area contributed by atoms with Crippen LogP contribution in [0.1, 0.15) is 29.7 Å². The van der Waals surface area contributed by atoms with Crippen LogP contribution in [0, 0.1) is 6.92 Å². The lowest BCUT2D eigenvalue weighted by Gasteiger charge is -2.32. The molecular weight excluding hydrogens is 268 g/mol. The smallest absolute Gasteiger partial charge is 0.287 e. The Morgan fingerprint density at radius 1 is 1.63 bits per heavy atom. The quantitative estimate of drug-likeness (QED) is 0.767. The highest BCUT2D eigenvalue weighted by atomic mass is 35.5. The number of imidazole rings is 1. The number of hydrogen-bond donors (Lipinski definition) is 3. The summed E-state index contributed by atoms with van der Waals surface area (Å²) in [7, 11) is 0. The number of carbonyl (C=O) groups excluding carboxylic acids is 1. The number of H-pyrrole nitrogens is 1. The van der Waals surface area contributed by atoms with Crippen molar-refractivity contribution in [3.8, 4) is 0 Å². The maximum atomic E-state index is 12.1. The maximum Gasteiger partial charge on any atom is 0.287 e. The Morgan fingerprint density at radius 3 is 3.05 bits per heavy atom. The average molecular weight is 287 g/mol. The van der Waals surface area contributed by atoms with Crippen LogP contribution in [0.25, 0.3) is 0 Å². The van der Waals surface area contributed by atoms with Gasteiger partial charge in [-0.2, -0.15) is 0 Å². The van der Waals surface area contributed by atoms with Gasteiger partial charge in [-0.15, -0.1) is 0 Å². The third-order valence-corrected chi connectivity index (χ3v) is 3.53. The molecule has 7 heteroatoms. The third kappa shape index (κ3) is 3.46. The Balaban J connectivity index is 2.00. The number of aromatic nitrogens is 2. The van der Waals surface area contributed by atoms with Gasteiger partial charge in [-0.1, -0.05) is 11.6 Å². The van der Waals surface area contributed by atoms with Gasteiger partial charge in [0.15, 0.2) is 11.0 Å². The van der Waals surface area contributed by atoms with E-state index in [2.05, 4.69) is 20.6 Å². The Kier molecular flexibility index (Phi) is 4.79. The molecule has 1 aromatic heterocycles. The van der Waals surface area contributed by atoms with E-state index < -0.39 is 0 Å². The summed E-state index contributed by atoms with van der Waals surface area (Å²) in [5.74, 6) is 0.00267. The topological polar surface area (TPSA) is 79.0 Å². The minimum atomic E-state index is -0.244. The van der Waals surface area contributed by atoms with Gasteiger partial charge in [0.1, 0.15) is 0 Å². The summed E-state index contributed by atoms with van der Waals surface area (Å²) < 4.78 is 5.63. The van der Waals surface area contributed by atoms with Crippen LogP contribution < -0.4 is 10.6 Å². The van der Waals surface area contributed by atoms with Gasteiger partial charge in [0, 0.05) is 13.2 Å². The molecule has 0 spiro atoms. The average Bonchev–Trinajstić information content (AvgIpc) is 2.72. The number of halogens is 1. The summed E-state index contributed by atoms with van der Waals surface area (Å²) in [6, 6.07) is -0.00196. The molecule has 2 unspecified atom stereocenters. The molecule has 1 aliphatic rings. The zero-order valence-corrected chi connectivity index (χ0v) is 11.9. The molecule has 0 saturated carbocycles. The zero-order chi connectivity index (χ0) is 13.8. The van der Waals surface area contributed by atoms with E-state index >= 15 is 0 Å². The van der Waals surface area contributed by atoms with Crippen LogP contribution in [0.15, 0.2) is 0 Å². The summed E-state index contributed by atoms with van der Waals surface area (Å²) >= 11 is 5.84. The van der Waals surface area contributed by atoms with E-state index in [-0.39, 0.29) is 23.9 Å². The molecule has 0 radical (unpaired) electrons. The predicted octanol–water partition coefficient (Wildman–Crippen LogP) is 0.868. The monoisotopic (exact) mass is 286 g/mol. The Morgan fingerprint density at radius 2 is 2.42 bits per heavy atom. The predicted molar refractivity (Wildman–Crippen MR) is 72.5 cm³/mol. The number of nitrogens with zero attached hydrogens (tertiary/aromatic N) is 1. The van der Waals surface area contributed by atoms with Crippen molar-refractivity contribution in [1.82, 2.24) is 20.6 Å². The number of hydrogen-bond acceptors (Lipinski definition) is 4. The molecule has 0 bridgehead atoms. The molecule has 2 atom stereocenters. The van der Waals surface area contributed by atoms with Crippen LogP contribution in [0.4, 0.5) is 0 Å². The molecule has 0 aliphatic carbocycles. The molecule has 3 N–H and O–H groups in total. The van der Waals surface area contributed by atoms with Crippen molar-refractivity contribution >= 4 is 17.5 Å². The fourth-order valence-electron chi connectivity index (χ4n) is 2.17. The van der Waals surface area contributed by atoms with E-state index in [0.717, 1.165) is 19.5 Å². The first-order chi connectivity index (χ1) is 9.11. The highest BCUT2D eigenvalue weighted by Crippen LogP contribution is 2.12. The van der Waals surface area contributed by atoms with Crippen LogP contribution in [-0.2, 0) is 4.74 Å². The molecule has 2 rings (SSSR count). The van der Waals surface area contributed by atoms with Gasteiger partial charge in [0.25, 0.3) is 5.91 Å². The maximum absolute atomic E-state index is 12.1. The van der Waals surface area contributed by atoms with Gasteiger partial charge in [-0.05, 0) is 26.8 Å². The summed E-state index contributed by atoms with van der Waals surface area (Å²) in [5.41, 5.74) is 0.693. The lowest BCUT2D eigenvalue weighted by Crippen LogP contribution is -2.54. The van der Waals surface area contributed by atoms with Crippen molar-refractivity contribution in [2.75, 3.05) is 19.7 Å². The summed E-state index contributed by atoms with van der Waals surface area (Å²) in [6.45, 7) is 5.97. The number of aryl methyl sites for hydroxylation is 1. The summed E-state index contributed by atoms with van der Waals surface area (Å²) in [5, 5.41) is 6.54. The number of piperidine rings is 1. The van der Waals surface area contributed by atoms with E-state index in [1.165, 1.54) is 0 Å². The van der Waals surface area contributed by atoms with Crippen molar-refractivity contribution < 1.29 is 9.53 Å². The molecule has 6 nitrogen and oxygen atoms in total. The van der Waals surface area contributed by atoms with Crippen molar-refractivity contribution in [3.63, 3.8) is 0 Å². The highest BCUT2D eigenvalue weighted by Gasteiger charge is 2.27. The fraction of sp³-hybridized carbons (Fsp3) is 0.667. The largest absolute Gasteiger partial charge is 0.375 e. The van der Waals surface area contributed by atoms with Crippen molar-refractivity contribution in [3.05, 3.63) is 16.7 Å². The lowest BCUT2D eigenvalue weighted by atomic mass is 10.0. The molecular formula is C12H19ClN4O2. The molecule has 1 amide bonds. The first kappa shape index (κ1) is 14.3. The van der Waals surface area contributed by atoms with Crippen molar-refractivity contribution in [1.29, 1.82) is 0 Å². The molecule has 1 aromatic rings. The van der Waals surface area contributed by atoms with Gasteiger partial charge >= 0.3 is 0 Å². The van der Waals surface area contributed by atoms with Crippen molar-refractivity contribution in [2.45, 2.75) is 32.4 Å². The first-order valence-corrected chi connectivity index (χ1v) is 6.85. The minimum absolute atomic E-state index is 0.00196. The van der Waals surface area contributed by atoms with Gasteiger partial charge in [-0.3, -0.25) is 4.79 Å². The molecule has 106 valence electrons. The molecule has 0 aromatic carbocycles.